The lowest BCUT2D eigenvalue weighted by atomic mass is 9.89. The van der Waals surface area contributed by atoms with Crippen LogP contribution in [0.5, 0.6) is 5.75 Å². The zero-order valence-electron chi connectivity index (χ0n) is 17.6. The molecule has 30 heavy (non-hydrogen) atoms. The van der Waals surface area contributed by atoms with E-state index in [1.165, 1.54) is 17.2 Å². The Morgan fingerprint density at radius 1 is 1.00 bits per heavy atom. The van der Waals surface area contributed by atoms with Crippen LogP contribution in [-0.4, -0.2) is 23.1 Å². The zero-order valence-corrected chi connectivity index (χ0v) is 17.6. The van der Waals surface area contributed by atoms with E-state index in [-0.39, 0.29) is 5.82 Å². The fourth-order valence-corrected chi connectivity index (χ4v) is 3.88. The minimum atomic E-state index is -0.313. The number of anilines is 1. The van der Waals surface area contributed by atoms with E-state index >= 15 is 0 Å². The molecule has 2 heterocycles. The van der Waals surface area contributed by atoms with Crippen LogP contribution in [0, 0.1) is 12.7 Å². The van der Waals surface area contributed by atoms with Gasteiger partial charge in [0.2, 0.25) is 5.95 Å². The van der Waals surface area contributed by atoms with E-state index in [1.54, 1.807) is 6.07 Å². The Kier molecular flexibility index (Phi) is 6.26. The molecule has 1 aliphatic heterocycles. The summed E-state index contributed by atoms with van der Waals surface area (Å²) >= 11 is 0. The first kappa shape index (κ1) is 20.3. The number of halogens is 1. The molecule has 1 saturated heterocycles. The summed E-state index contributed by atoms with van der Waals surface area (Å²) in [4.78, 5) is 11.3. The maximum absolute atomic E-state index is 13.9. The van der Waals surface area contributed by atoms with Gasteiger partial charge in [0.25, 0.3) is 0 Å². The molecule has 1 fully saturated rings. The third-order valence-corrected chi connectivity index (χ3v) is 5.81. The number of aromatic nitrogens is 2. The van der Waals surface area contributed by atoms with Gasteiger partial charge in [-0.05, 0) is 66.5 Å². The summed E-state index contributed by atoms with van der Waals surface area (Å²) in [7, 11) is 0. The number of rotatable bonds is 6. The first-order valence-corrected chi connectivity index (χ1v) is 10.7. The molecule has 0 aliphatic carbocycles. The Morgan fingerprint density at radius 3 is 2.33 bits per heavy atom. The lowest BCUT2D eigenvalue weighted by Crippen LogP contribution is -2.34. The average molecular weight is 406 g/mol. The van der Waals surface area contributed by atoms with Gasteiger partial charge in [0.05, 0.1) is 0 Å². The van der Waals surface area contributed by atoms with Crippen molar-refractivity contribution >= 4 is 5.95 Å². The molecule has 1 aromatic heterocycles. The van der Waals surface area contributed by atoms with Crippen LogP contribution >= 0.6 is 0 Å². The van der Waals surface area contributed by atoms with Crippen LogP contribution in [0.3, 0.4) is 0 Å². The summed E-state index contributed by atoms with van der Waals surface area (Å²) < 4.78 is 19.6. The predicted molar refractivity (Wildman–Crippen MR) is 118 cm³/mol. The molecule has 156 valence electrons. The van der Waals surface area contributed by atoms with Gasteiger partial charge in [-0.3, -0.25) is 0 Å². The zero-order chi connectivity index (χ0) is 20.9. The topological polar surface area (TPSA) is 38.2 Å². The summed E-state index contributed by atoms with van der Waals surface area (Å²) in [5.41, 5.74) is 4.45. The second kappa shape index (κ2) is 9.24. The fourth-order valence-electron chi connectivity index (χ4n) is 3.88. The predicted octanol–water partition coefficient (Wildman–Crippen LogP) is 5.45. The second-order valence-corrected chi connectivity index (χ2v) is 7.97. The average Bonchev–Trinajstić information content (AvgIpc) is 2.79. The van der Waals surface area contributed by atoms with Gasteiger partial charge >= 0.3 is 0 Å². The van der Waals surface area contributed by atoms with Crippen molar-refractivity contribution < 1.29 is 9.13 Å². The molecule has 3 aromatic rings. The van der Waals surface area contributed by atoms with Crippen molar-refractivity contribution in [1.29, 1.82) is 0 Å². The minimum Gasteiger partial charge on any atom is -0.486 e. The number of ether oxygens (including phenoxy) is 1. The van der Waals surface area contributed by atoms with E-state index < -0.39 is 0 Å². The number of piperidine rings is 1. The highest BCUT2D eigenvalue weighted by molar-refractivity contribution is 5.33. The van der Waals surface area contributed by atoms with E-state index in [1.807, 2.05) is 25.4 Å². The van der Waals surface area contributed by atoms with E-state index in [0.29, 0.717) is 18.3 Å². The maximum Gasteiger partial charge on any atom is 0.225 e. The van der Waals surface area contributed by atoms with Crippen LogP contribution in [-0.2, 0) is 13.0 Å². The van der Waals surface area contributed by atoms with Crippen LogP contribution in [0.2, 0.25) is 0 Å². The Labute approximate surface area is 177 Å². The number of hydrogen-bond acceptors (Lipinski definition) is 4. The van der Waals surface area contributed by atoms with Crippen LogP contribution in [0.1, 0.15) is 47.9 Å². The molecule has 0 unspecified atom stereocenters. The molecule has 0 radical (unpaired) electrons. The first-order chi connectivity index (χ1) is 14.6. The van der Waals surface area contributed by atoms with Crippen molar-refractivity contribution in [2.75, 3.05) is 18.0 Å². The molecule has 0 atom stereocenters. The molecule has 2 aromatic carbocycles. The Hall–Kier alpha value is -2.95. The van der Waals surface area contributed by atoms with Gasteiger partial charge in [0, 0.05) is 25.5 Å². The molecule has 0 bridgehead atoms. The number of aryl methyl sites for hydroxylation is 2. The standard InChI is InChI=1S/C25H28FN3O/c1-3-19-15-27-25(28-16-19)29-12-10-22(11-13-29)21-7-5-20(6-8-21)17-30-24-9-4-18(2)14-23(24)26/h4-9,14-16,22H,3,10-13,17H2,1-2H3. The number of nitrogens with zero attached hydrogens (tertiary/aromatic N) is 3. The molecule has 4 nitrogen and oxygen atoms in total. The van der Waals surface area contributed by atoms with Gasteiger partial charge in [-0.1, -0.05) is 37.3 Å². The van der Waals surface area contributed by atoms with Crippen molar-refractivity contribution in [3.05, 3.63) is 82.9 Å². The van der Waals surface area contributed by atoms with Gasteiger partial charge < -0.3 is 9.64 Å². The quantitative estimate of drug-likeness (QED) is 0.547. The fraction of sp³-hybridized carbons (Fsp3) is 0.360. The summed E-state index contributed by atoms with van der Waals surface area (Å²) in [6.07, 6.45) is 6.99. The normalized spacial score (nSPS) is 14.7. The van der Waals surface area contributed by atoms with Crippen molar-refractivity contribution in [1.82, 2.24) is 9.97 Å². The first-order valence-electron chi connectivity index (χ1n) is 10.7. The van der Waals surface area contributed by atoms with Crippen molar-refractivity contribution in [2.45, 2.75) is 45.6 Å². The maximum atomic E-state index is 13.9. The third kappa shape index (κ3) is 4.78. The largest absolute Gasteiger partial charge is 0.486 e. The second-order valence-electron chi connectivity index (χ2n) is 7.97. The summed E-state index contributed by atoms with van der Waals surface area (Å²) in [5, 5.41) is 0. The van der Waals surface area contributed by atoms with Crippen LogP contribution in [0.4, 0.5) is 10.3 Å². The molecule has 0 saturated carbocycles. The monoisotopic (exact) mass is 405 g/mol. The Balaban J connectivity index is 1.31. The molecule has 0 amide bonds. The molecule has 4 rings (SSSR count). The van der Waals surface area contributed by atoms with Gasteiger partial charge in [-0.2, -0.15) is 0 Å². The van der Waals surface area contributed by atoms with E-state index in [4.69, 9.17) is 4.74 Å². The van der Waals surface area contributed by atoms with E-state index in [2.05, 4.69) is 46.1 Å². The molecule has 1 aliphatic rings. The third-order valence-electron chi connectivity index (χ3n) is 5.81. The molecule has 0 spiro atoms. The van der Waals surface area contributed by atoms with Crippen molar-refractivity contribution in [3.63, 3.8) is 0 Å². The molecular formula is C25H28FN3O. The summed E-state index contributed by atoms with van der Waals surface area (Å²) in [6, 6.07) is 13.6. The molecule has 0 N–H and O–H groups in total. The highest BCUT2D eigenvalue weighted by Gasteiger charge is 2.22. The van der Waals surface area contributed by atoms with Crippen LogP contribution in [0.15, 0.2) is 54.9 Å². The summed E-state index contributed by atoms with van der Waals surface area (Å²) in [5.74, 6) is 1.36. The molecular weight excluding hydrogens is 377 g/mol. The Bertz CT molecular complexity index is 965. The van der Waals surface area contributed by atoms with Gasteiger partial charge in [0.1, 0.15) is 6.61 Å². The van der Waals surface area contributed by atoms with Gasteiger partial charge in [-0.15, -0.1) is 0 Å². The van der Waals surface area contributed by atoms with Gasteiger partial charge in [-0.25, -0.2) is 14.4 Å². The minimum absolute atomic E-state index is 0.297. The Morgan fingerprint density at radius 2 is 1.70 bits per heavy atom. The van der Waals surface area contributed by atoms with E-state index in [0.717, 1.165) is 49.4 Å². The van der Waals surface area contributed by atoms with Crippen molar-refractivity contribution in [3.8, 4) is 5.75 Å². The van der Waals surface area contributed by atoms with Crippen molar-refractivity contribution in [2.24, 2.45) is 0 Å². The highest BCUT2D eigenvalue weighted by Crippen LogP contribution is 2.29. The number of benzene rings is 2. The smallest absolute Gasteiger partial charge is 0.225 e. The highest BCUT2D eigenvalue weighted by atomic mass is 19.1. The van der Waals surface area contributed by atoms with Crippen LogP contribution < -0.4 is 9.64 Å². The lowest BCUT2D eigenvalue weighted by molar-refractivity contribution is 0.290. The molecule has 5 heteroatoms. The van der Waals surface area contributed by atoms with Crippen LogP contribution in [0.25, 0.3) is 0 Å². The SMILES string of the molecule is CCc1cnc(N2CCC(c3ccc(COc4ccc(C)cc4F)cc3)CC2)nc1. The number of hydrogen-bond donors (Lipinski definition) is 0. The summed E-state index contributed by atoms with van der Waals surface area (Å²) in [6.45, 7) is 6.28. The van der Waals surface area contributed by atoms with Gasteiger partial charge in [0.15, 0.2) is 11.6 Å². The van der Waals surface area contributed by atoms with E-state index in [9.17, 15) is 4.39 Å². The lowest BCUT2D eigenvalue weighted by Gasteiger charge is -2.32.